The fraction of sp³-hybridized carbons (Fsp3) is 0.400. The van der Waals surface area contributed by atoms with Crippen molar-refractivity contribution in [2.75, 3.05) is 51.3 Å². The van der Waals surface area contributed by atoms with E-state index in [0.717, 1.165) is 47.8 Å². The maximum Gasteiger partial charge on any atom is 0.142 e. The number of aliphatic hydroxyl groups is 1. The Labute approximate surface area is 163 Å². The second-order valence-electron chi connectivity index (χ2n) is 6.35. The molecule has 1 saturated heterocycles. The number of methoxy groups -OCH3 is 1. The highest BCUT2D eigenvalue weighted by Gasteiger charge is 2.21. The highest BCUT2D eigenvalue weighted by Crippen LogP contribution is 2.28. The van der Waals surface area contributed by atoms with Crippen LogP contribution in [-0.2, 0) is 0 Å². The summed E-state index contributed by atoms with van der Waals surface area (Å²) in [6.45, 7) is 4.55. The van der Waals surface area contributed by atoms with Crippen LogP contribution in [0.15, 0.2) is 53.0 Å². The number of benzene rings is 2. The van der Waals surface area contributed by atoms with Gasteiger partial charge in [0.1, 0.15) is 24.2 Å². The second kappa shape index (κ2) is 9.26. The van der Waals surface area contributed by atoms with Crippen molar-refractivity contribution in [3.63, 3.8) is 0 Å². The summed E-state index contributed by atoms with van der Waals surface area (Å²) >= 11 is 3.45. The zero-order valence-corrected chi connectivity index (χ0v) is 16.6. The number of aliphatic hydroxyl groups excluding tert-OH is 1. The smallest absolute Gasteiger partial charge is 0.142 e. The minimum absolute atomic E-state index is 0.287. The van der Waals surface area contributed by atoms with Crippen molar-refractivity contribution in [1.82, 2.24) is 4.90 Å². The van der Waals surface area contributed by atoms with E-state index in [4.69, 9.17) is 9.47 Å². The Morgan fingerprint density at radius 2 is 1.65 bits per heavy atom. The lowest BCUT2D eigenvalue weighted by atomic mass is 10.2. The van der Waals surface area contributed by atoms with Crippen LogP contribution in [0.2, 0.25) is 0 Å². The molecule has 1 aliphatic heterocycles. The third-order valence-electron chi connectivity index (χ3n) is 4.53. The lowest BCUT2D eigenvalue weighted by Crippen LogP contribution is -2.49. The van der Waals surface area contributed by atoms with E-state index in [2.05, 4.69) is 31.8 Å². The van der Waals surface area contributed by atoms with Gasteiger partial charge in [-0.15, -0.1) is 0 Å². The average Bonchev–Trinajstić information content (AvgIpc) is 2.68. The van der Waals surface area contributed by atoms with Gasteiger partial charge < -0.3 is 19.5 Å². The van der Waals surface area contributed by atoms with Gasteiger partial charge in [-0.1, -0.05) is 24.3 Å². The van der Waals surface area contributed by atoms with E-state index >= 15 is 0 Å². The summed E-state index contributed by atoms with van der Waals surface area (Å²) in [5.74, 6) is 1.66. The number of hydrogen-bond acceptors (Lipinski definition) is 5. The largest absolute Gasteiger partial charge is 0.495 e. The van der Waals surface area contributed by atoms with Gasteiger partial charge >= 0.3 is 0 Å². The van der Waals surface area contributed by atoms with Crippen LogP contribution in [0.4, 0.5) is 5.69 Å². The van der Waals surface area contributed by atoms with Gasteiger partial charge in [-0.3, -0.25) is 4.90 Å². The molecule has 1 heterocycles. The molecule has 0 aliphatic carbocycles. The van der Waals surface area contributed by atoms with Crippen LogP contribution in [0.25, 0.3) is 0 Å². The summed E-state index contributed by atoms with van der Waals surface area (Å²) < 4.78 is 12.1. The number of halogens is 1. The van der Waals surface area contributed by atoms with Gasteiger partial charge in [0, 0.05) is 32.7 Å². The standard InChI is InChI=1S/C20H25BrN2O3/c1-25-20-9-5-3-7-18(20)23-12-10-22(11-13-23)14-16(24)15-26-19-8-4-2-6-17(19)21/h2-9,16,24H,10-15H2,1H3/t16-/m0/s1. The highest BCUT2D eigenvalue weighted by atomic mass is 79.9. The highest BCUT2D eigenvalue weighted by molar-refractivity contribution is 9.10. The monoisotopic (exact) mass is 420 g/mol. The maximum atomic E-state index is 10.3. The van der Waals surface area contributed by atoms with Crippen LogP contribution in [0, 0.1) is 0 Å². The average molecular weight is 421 g/mol. The first kappa shape index (κ1) is 19.0. The van der Waals surface area contributed by atoms with Crippen molar-refractivity contribution in [2.45, 2.75) is 6.10 Å². The normalized spacial score (nSPS) is 16.3. The number of piperazine rings is 1. The van der Waals surface area contributed by atoms with Crippen LogP contribution < -0.4 is 14.4 Å². The Morgan fingerprint density at radius 3 is 2.35 bits per heavy atom. The van der Waals surface area contributed by atoms with Crippen molar-refractivity contribution < 1.29 is 14.6 Å². The molecule has 26 heavy (non-hydrogen) atoms. The Hall–Kier alpha value is -1.76. The summed E-state index contributed by atoms with van der Waals surface area (Å²) in [6.07, 6.45) is -0.514. The molecule has 1 atom stereocenters. The fourth-order valence-corrected chi connectivity index (χ4v) is 3.56. The number of para-hydroxylation sites is 3. The molecule has 2 aromatic rings. The lowest BCUT2D eigenvalue weighted by molar-refractivity contribution is 0.0660. The van der Waals surface area contributed by atoms with E-state index in [1.54, 1.807) is 7.11 Å². The summed E-state index contributed by atoms with van der Waals surface area (Å²) in [5.41, 5.74) is 1.13. The quantitative estimate of drug-likeness (QED) is 0.745. The molecule has 0 amide bonds. The number of anilines is 1. The van der Waals surface area contributed by atoms with Crippen molar-refractivity contribution >= 4 is 21.6 Å². The Bertz CT molecular complexity index is 705. The first-order valence-corrected chi connectivity index (χ1v) is 9.62. The van der Waals surface area contributed by atoms with E-state index in [0.29, 0.717) is 6.54 Å². The molecule has 0 aromatic heterocycles. The second-order valence-corrected chi connectivity index (χ2v) is 7.21. The first-order chi connectivity index (χ1) is 12.7. The Morgan fingerprint density at radius 1 is 1.00 bits per heavy atom. The zero-order valence-electron chi connectivity index (χ0n) is 15.0. The SMILES string of the molecule is COc1ccccc1N1CCN(C[C@H](O)COc2ccccc2Br)CC1. The minimum atomic E-state index is -0.514. The number of ether oxygens (including phenoxy) is 2. The summed E-state index contributed by atoms with van der Waals surface area (Å²) in [5, 5.41) is 10.3. The predicted molar refractivity (Wildman–Crippen MR) is 107 cm³/mol. The van der Waals surface area contributed by atoms with Crippen molar-refractivity contribution in [3.8, 4) is 11.5 Å². The fourth-order valence-electron chi connectivity index (χ4n) is 3.16. The molecule has 5 nitrogen and oxygen atoms in total. The zero-order chi connectivity index (χ0) is 18.4. The van der Waals surface area contributed by atoms with Gasteiger partial charge in [0.2, 0.25) is 0 Å². The molecular formula is C20H25BrN2O3. The van der Waals surface area contributed by atoms with E-state index in [9.17, 15) is 5.11 Å². The summed E-state index contributed by atoms with van der Waals surface area (Å²) in [4.78, 5) is 4.61. The molecule has 0 unspecified atom stereocenters. The topological polar surface area (TPSA) is 45.2 Å². The third kappa shape index (κ3) is 4.90. The van der Waals surface area contributed by atoms with Gasteiger partial charge in [-0.05, 0) is 40.2 Å². The van der Waals surface area contributed by atoms with Gasteiger partial charge in [0.25, 0.3) is 0 Å². The molecule has 3 rings (SSSR count). The van der Waals surface area contributed by atoms with Gasteiger partial charge in [0.15, 0.2) is 0 Å². The molecule has 6 heteroatoms. The molecular weight excluding hydrogens is 396 g/mol. The summed E-state index contributed by atoms with van der Waals surface area (Å²) in [7, 11) is 1.70. The molecule has 140 valence electrons. The predicted octanol–water partition coefficient (Wildman–Crippen LogP) is 3.02. The lowest BCUT2D eigenvalue weighted by Gasteiger charge is -2.37. The molecule has 2 aromatic carbocycles. The van der Waals surface area contributed by atoms with Crippen LogP contribution in [-0.4, -0.2) is 62.6 Å². The number of rotatable bonds is 7. The number of hydrogen-bond donors (Lipinski definition) is 1. The number of β-amino-alcohol motifs (C(OH)–C–C–N with tert-alkyl or cyclic N) is 1. The third-order valence-corrected chi connectivity index (χ3v) is 5.19. The van der Waals surface area contributed by atoms with Crippen LogP contribution >= 0.6 is 15.9 Å². The van der Waals surface area contributed by atoms with Crippen molar-refractivity contribution in [3.05, 3.63) is 53.0 Å². The van der Waals surface area contributed by atoms with E-state index in [-0.39, 0.29) is 6.61 Å². The van der Waals surface area contributed by atoms with E-state index in [1.807, 2.05) is 42.5 Å². The molecule has 0 saturated carbocycles. The van der Waals surface area contributed by atoms with Crippen molar-refractivity contribution in [1.29, 1.82) is 0 Å². The molecule has 0 bridgehead atoms. The van der Waals surface area contributed by atoms with Crippen LogP contribution in [0.1, 0.15) is 0 Å². The Balaban J connectivity index is 1.45. The van der Waals surface area contributed by atoms with E-state index < -0.39 is 6.10 Å². The Kier molecular flexibility index (Phi) is 6.77. The minimum Gasteiger partial charge on any atom is -0.495 e. The first-order valence-electron chi connectivity index (χ1n) is 8.83. The molecule has 0 radical (unpaired) electrons. The van der Waals surface area contributed by atoms with Gasteiger partial charge in [0.05, 0.1) is 17.3 Å². The molecule has 0 spiro atoms. The molecule has 1 N–H and O–H groups in total. The van der Waals surface area contributed by atoms with Crippen molar-refractivity contribution in [2.24, 2.45) is 0 Å². The van der Waals surface area contributed by atoms with Gasteiger partial charge in [-0.25, -0.2) is 0 Å². The summed E-state index contributed by atoms with van der Waals surface area (Å²) in [6, 6.07) is 15.8. The van der Waals surface area contributed by atoms with E-state index in [1.165, 1.54) is 0 Å². The van der Waals surface area contributed by atoms with Gasteiger partial charge in [-0.2, -0.15) is 0 Å². The maximum absolute atomic E-state index is 10.3. The number of nitrogens with zero attached hydrogens (tertiary/aromatic N) is 2. The van der Waals surface area contributed by atoms with Crippen LogP contribution in [0.5, 0.6) is 11.5 Å². The molecule has 1 fully saturated rings. The van der Waals surface area contributed by atoms with Crippen LogP contribution in [0.3, 0.4) is 0 Å². The molecule has 1 aliphatic rings.